The van der Waals surface area contributed by atoms with E-state index in [1.165, 1.54) is 14.2 Å². The van der Waals surface area contributed by atoms with Crippen molar-refractivity contribution in [2.45, 2.75) is 0 Å². The maximum atomic E-state index is 12.7. The van der Waals surface area contributed by atoms with Crippen LogP contribution in [0.4, 0.5) is 5.69 Å². The number of rotatable bonds is 4. The lowest BCUT2D eigenvalue weighted by molar-refractivity contribution is 0.102. The molecule has 122 valence electrons. The molecule has 0 aliphatic heterocycles. The van der Waals surface area contributed by atoms with Crippen molar-refractivity contribution >= 4 is 34.1 Å². The van der Waals surface area contributed by atoms with Crippen molar-refractivity contribution in [2.24, 2.45) is 0 Å². The summed E-state index contributed by atoms with van der Waals surface area (Å²) < 4.78 is 10.5. The lowest BCUT2D eigenvalue weighted by atomic mass is 10.1. The first-order valence-electron chi connectivity index (χ1n) is 7.20. The molecule has 0 bridgehead atoms. The van der Waals surface area contributed by atoms with Crippen molar-refractivity contribution in [2.75, 3.05) is 19.5 Å². The van der Waals surface area contributed by atoms with Crippen molar-refractivity contribution in [1.82, 2.24) is 4.98 Å². The van der Waals surface area contributed by atoms with Gasteiger partial charge in [0.2, 0.25) is 0 Å². The monoisotopic (exact) mass is 342 g/mol. The number of methoxy groups -OCH3 is 2. The van der Waals surface area contributed by atoms with E-state index in [1.54, 1.807) is 24.4 Å². The van der Waals surface area contributed by atoms with Gasteiger partial charge in [0.15, 0.2) is 0 Å². The number of pyridine rings is 1. The van der Waals surface area contributed by atoms with Gasteiger partial charge in [-0.1, -0.05) is 29.8 Å². The van der Waals surface area contributed by atoms with E-state index in [9.17, 15) is 4.79 Å². The highest BCUT2D eigenvalue weighted by Crippen LogP contribution is 2.36. The molecule has 0 atom stereocenters. The average molecular weight is 343 g/mol. The summed E-state index contributed by atoms with van der Waals surface area (Å²) >= 11 is 6.14. The molecule has 0 fully saturated rings. The van der Waals surface area contributed by atoms with E-state index in [0.29, 0.717) is 27.8 Å². The molecule has 0 aliphatic rings. The fraction of sp³-hybridized carbons (Fsp3) is 0.111. The number of carbonyl (C=O) groups excluding carboxylic acids is 1. The highest BCUT2D eigenvalue weighted by atomic mass is 35.5. The number of nitrogens with one attached hydrogen (secondary N) is 1. The molecule has 5 nitrogen and oxygen atoms in total. The Balaban J connectivity index is 1.99. The normalized spacial score (nSPS) is 10.5. The fourth-order valence-corrected chi connectivity index (χ4v) is 2.68. The van der Waals surface area contributed by atoms with E-state index in [0.717, 1.165) is 10.9 Å². The molecular formula is C18H15ClN2O3. The molecule has 2 aromatic carbocycles. The summed E-state index contributed by atoms with van der Waals surface area (Å²) in [5.41, 5.74) is 1.74. The molecule has 24 heavy (non-hydrogen) atoms. The molecule has 6 heteroatoms. The summed E-state index contributed by atoms with van der Waals surface area (Å²) in [5, 5.41) is 3.99. The number of para-hydroxylation sites is 1. The van der Waals surface area contributed by atoms with Gasteiger partial charge in [0.1, 0.15) is 11.5 Å². The number of anilines is 1. The zero-order chi connectivity index (χ0) is 17.1. The maximum absolute atomic E-state index is 12.7. The van der Waals surface area contributed by atoms with Crippen LogP contribution in [0.15, 0.2) is 48.7 Å². The number of benzene rings is 2. The largest absolute Gasteiger partial charge is 0.495 e. The van der Waals surface area contributed by atoms with Gasteiger partial charge in [-0.25, -0.2) is 0 Å². The van der Waals surface area contributed by atoms with Crippen LogP contribution in [-0.4, -0.2) is 25.1 Å². The summed E-state index contributed by atoms with van der Waals surface area (Å²) in [7, 11) is 3.03. The molecule has 1 heterocycles. The predicted molar refractivity (Wildman–Crippen MR) is 94.3 cm³/mol. The van der Waals surface area contributed by atoms with Crippen molar-refractivity contribution < 1.29 is 14.3 Å². The highest BCUT2D eigenvalue weighted by Gasteiger charge is 2.15. The molecule has 3 aromatic rings. The molecule has 1 N–H and O–H groups in total. The van der Waals surface area contributed by atoms with E-state index >= 15 is 0 Å². The predicted octanol–water partition coefficient (Wildman–Crippen LogP) is 4.16. The lowest BCUT2D eigenvalue weighted by Gasteiger charge is -2.13. The number of aromatic nitrogens is 1. The van der Waals surface area contributed by atoms with Gasteiger partial charge < -0.3 is 14.8 Å². The summed E-state index contributed by atoms with van der Waals surface area (Å²) in [6.45, 7) is 0. The Bertz CT molecular complexity index is 907. The van der Waals surface area contributed by atoms with E-state index in [-0.39, 0.29) is 5.91 Å². The summed E-state index contributed by atoms with van der Waals surface area (Å²) in [6.07, 6.45) is 1.61. The van der Waals surface area contributed by atoms with Crippen LogP contribution in [0.5, 0.6) is 11.5 Å². The second-order valence-corrected chi connectivity index (χ2v) is 5.42. The van der Waals surface area contributed by atoms with Gasteiger partial charge >= 0.3 is 0 Å². The number of amides is 1. The van der Waals surface area contributed by atoms with Crippen LogP contribution in [0.25, 0.3) is 10.9 Å². The Morgan fingerprint density at radius 2 is 1.83 bits per heavy atom. The standard InChI is InChI=1S/C18H15ClN2O3/c1-23-16-10-17(24-2)15(9-13(16)19)21-18(22)12-7-8-20-14-6-4-3-5-11(12)14/h3-10H,1-2H3,(H,21,22). The van der Waals surface area contributed by atoms with Gasteiger partial charge in [-0.15, -0.1) is 0 Å². The third kappa shape index (κ3) is 2.98. The summed E-state index contributed by atoms with van der Waals surface area (Å²) in [5.74, 6) is 0.664. The van der Waals surface area contributed by atoms with Crippen molar-refractivity contribution in [3.63, 3.8) is 0 Å². The SMILES string of the molecule is COc1cc(OC)c(NC(=O)c2ccnc3ccccc23)cc1Cl. The van der Waals surface area contributed by atoms with Crippen LogP contribution in [0.3, 0.4) is 0 Å². The molecular weight excluding hydrogens is 328 g/mol. The van der Waals surface area contributed by atoms with Gasteiger partial charge in [-0.05, 0) is 18.2 Å². The van der Waals surface area contributed by atoms with Gasteiger partial charge in [0.25, 0.3) is 5.91 Å². The minimum atomic E-state index is -0.270. The lowest BCUT2D eigenvalue weighted by Crippen LogP contribution is -2.13. The molecule has 1 amide bonds. The molecule has 1 aromatic heterocycles. The van der Waals surface area contributed by atoms with Crippen LogP contribution in [0.1, 0.15) is 10.4 Å². The minimum absolute atomic E-state index is 0.270. The molecule has 0 saturated carbocycles. The average Bonchev–Trinajstić information content (AvgIpc) is 2.61. The number of halogens is 1. The van der Waals surface area contributed by atoms with Gasteiger partial charge in [-0.3, -0.25) is 9.78 Å². The molecule has 0 radical (unpaired) electrons. The molecule has 0 aliphatic carbocycles. The Kier molecular flexibility index (Phi) is 4.53. The smallest absolute Gasteiger partial charge is 0.256 e. The molecule has 0 saturated heterocycles. The van der Waals surface area contributed by atoms with Crippen LogP contribution in [0, 0.1) is 0 Å². The van der Waals surface area contributed by atoms with Gasteiger partial charge in [0.05, 0.1) is 36.0 Å². The van der Waals surface area contributed by atoms with Gasteiger partial charge in [-0.2, -0.15) is 0 Å². The number of nitrogens with zero attached hydrogens (tertiary/aromatic N) is 1. The van der Waals surface area contributed by atoms with Crippen LogP contribution in [-0.2, 0) is 0 Å². The van der Waals surface area contributed by atoms with Crippen LogP contribution >= 0.6 is 11.6 Å². The first-order valence-corrected chi connectivity index (χ1v) is 7.58. The fourth-order valence-electron chi connectivity index (χ4n) is 2.44. The number of hydrogen-bond donors (Lipinski definition) is 1. The van der Waals surface area contributed by atoms with E-state index < -0.39 is 0 Å². The Morgan fingerprint density at radius 3 is 2.58 bits per heavy atom. The van der Waals surface area contributed by atoms with Crippen molar-refractivity contribution in [3.05, 3.63) is 59.2 Å². The number of ether oxygens (including phenoxy) is 2. The summed E-state index contributed by atoms with van der Waals surface area (Å²) in [4.78, 5) is 17.0. The Hall–Kier alpha value is -2.79. The van der Waals surface area contributed by atoms with E-state index in [4.69, 9.17) is 21.1 Å². The Morgan fingerprint density at radius 1 is 1.08 bits per heavy atom. The third-order valence-electron chi connectivity index (χ3n) is 3.62. The van der Waals surface area contributed by atoms with E-state index in [2.05, 4.69) is 10.3 Å². The second kappa shape index (κ2) is 6.76. The Labute approximate surface area is 144 Å². The molecule has 3 rings (SSSR count). The highest BCUT2D eigenvalue weighted by molar-refractivity contribution is 6.32. The van der Waals surface area contributed by atoms with Gasteiger partial charge in [0, 0.05) is 17.6 Å². The topological polar surface area (TPSA) is 60.5 Å². The van der Waals surface area contributed by atoms with Crippen molar-refractivity contribution in [1.29, 1.82) is 0 Å². The zero-order valence-electron chi connectivity index (χ0n) is 13.2. The quantitative estimate of drug-likeness (QED) is 0.773. The first-order chi connectivity index (χ1) is 11.6. The number of hydrogen-bond acceptors (Lipinski definition) is 4. The number of carbonyl (C=O) groups is 1. The molecule has 0 unspecified atom stereocenters. The van der Waals surface area contributed by atoms with Crippen LogP contribution in [0.2, 0.25) is 5.02 Å². The summed E-state index contributed by atoms with van der Waals surface area (Å²) in [6, 6.07) is 12.4. The molecule has 0 spiro atoms. The minimum Gasteiger partial charge on any atom is -0.495 e. The van der Waals surface area contributed by atoms with Crippen LogP contribution < -0.4 is 14.8 Å². The van der Waals surface area contributed by atoms with E-state index in [1.807, 2.05) is 24.3 Å². The zero-order valence-corrected chi connectivity index (χ0v) is 13.9. The second-order valence-electron chi connectivity index (χ2n) is 5.02. The maximum Gasteiger partial charge on any atom is 0.256 e. The third-order valence-corrected chi connectivity index (χ3v) is 3.91. The van der Waals surface area contributed by atoms with Crippen molar-refractivity contribution in [3.8, 4) is 11.5 Å². The first kappa shape index (κ1) is 16.1. The number of fused-ring (bicyclic) bond motifs is 1.